The van der Waals surface area contributed by atoms with E-state index >= 15 is 0 Å². The van der Waals surface area contributed by atoms with Gasteiger partial charge in [0.1, 0.15) is 0 Å². The second kappa shape index (κ2) is 3.35. The van der Waals surface area contributed by atoms with Gasteiger partial charge in [-0.1, -0.05) is 19.8 Å². The highest BCUT2D eigenvalue weighted by atomic mass is 16.3. The van der Waals surface area contributed by atoms with E-state index < -0.39 is 5.60 Å². The van der Waals surface area contributed by atoms with Crippen molar-refractivity contribution in [2.45, 2.75) is 63.5 Å². The van der Waals surface area contributed by atoms with E-state index in [1.165, 1.54) is 0 Å². The molecule has 0 heterocycles. The van der Waals surface area contributed by atoms with Gasteiger partial charge in [0.05, 0.1) is 5.60 Å². The van der Waals surface area contributed by atoms with E-state index in [0.717, 1.165) is 38.5 Å². The van der Waals surface area contributed by atoms with Gasteiger partial charge < -0.3 is 10.8 Å². The van der Waals surface area contributed by atoms with Crippen molar-refractivity contribution >= 4 is 0 Å². The summed E-state index contributed by atoms with van der Waals surface area (Å²) in [5.74, 6) is 0. The monoisotopic (exact) mass is 171 g/mol. The van der Waals surface area contributed by atoms with Crippen LogP contribution in [0.15, 0.2) is 0 Å². The molecule has 0 aromatic rings. The smallest absolute Gasteiger partial charge is 0.0823 e. The first-order chi connectivity index (χ1) is 5.52. The van der Waals surface area contributed by atoms with Crippen LogP contribution in [-0.2, 0) is 0 Å². The average Bonchev–Trinajstić information content (AvgIpc) is 1.96. The van der Waals surface area contributed by atoms with E-state index in [2.05, 4.69) is 6.92 Å². The van der Waals surface area contributed by atoms with Crippen LogP contribution in [0.3, 0.4) is 0 Å². The van der Waals surface area contributed by atoms with E-state index in [1.54, 1.807) is 0 Å². The average molecular weight is 171 g/mol. The van der Waals surface area contributed by atoms with Gasteiger partial charge in [-0.2, -0.15) is 0 Å². The first-order valence-corrected chi connectivity index (χ1v) is 5.03. The van der Waals surface area contributed by atoms with Gasteiger partial charge in [-0.15, -0.1) is 0 Å². The quantitative estimate of drug-likeness (QED) is 0.677. The Morgan fingerprint density at radius 3 is 2.42 bits per heavy atom. The molecule has 72 valence electrons. The summed E-state index contributed by atoms with van der Waals surface area (Å²) in [5.41, 5.74) is 5.18. The van der Waals surface area contributed by atoms with Crippen molar-refractivity contribution in [3.05, 3.63) is 0 Å². The molecule has 0 aliphatic heterocycles. The molecule has 0 aromatic heterocycles. The van der Waals surface area contributed by atoms with Crippen molar-refractivity contribution in [2.24, 2.45) is 5.73 Å². The Hall–Kier alpha value is -0.0800. The molecule has 12 heavy (non-hydrogen) atoms. The molecule has 0 spiro atoms. The number of nitrogens with two attached hydrogens (primary N) is 1. The molecule has 1 rings (SSSR count). The lowest BCUT2D eigenvalue weighted by atomic mass is 9.66. The number of aliphatic hydroxyl groups is 1. The Labute approximate surface area is 75.2 Å². The number of rotatable bonds is 4. The molecule has 2 nitrogen and oxygen atoms in total. The van der Waals surface area contributed by atoms with Crippen LogP contribution < -0.4 is 5.73 Å². The molecule has 1 unspecified atom stereocenters. The minimum atomic E-state index is -0.553. The highest BCUT2D eigenvalue weighted by Gasteiger charge is 2.47. The predicted octanol–water partition coefficient (Wildman–Crippen LogP) is 1.81. The number of unbranched alkanes of at least 4 members (excludes halogenated alkanes) is 1. The molecule has 0 radical (unpaired) electrons. The molecule has 1 fully saturated rings. The van der Waals surface area contributed by atoms with Crippen LogP contribution in [-0.4, -0.2) is 16.2 Å². The Morgan fingerprint density at radius 2 is 2.08 bits per heavy atom. The molecule has 0 aromatic carbocycles. The molecule has 0 amide bonds. The lowest BCUT2D eigenvalue weighted by Crippen LogP contribution is -2.62. The summed E-state index contributed by atoms with van der Waals surface area (Å²) >= 11 is 0. The molecule has 1 saturated carbocycles. The normalized spacial score (nSPS) is 26.0. The van der Waals surface area contributed by atoms with Crippen LogP contribution >= 0.6 is 0 Å². The standard InChI is InChI=1S/C10H21NO/c1-3-4-6-9(2,11)10(12)7-5-8-10/h12H,3-8,11H2,1-2H3. The maximum atomic E-state index is 10.0. The highest BCUT2D eigenvalue weighted by Crippen LogP contribution is 2.41. The molecule has 1 aliphatic rings. The van der Waals surface area contributed by atoms with Gasteiger partial charge in [0, 0.05) is 5.54 Å². The zero-order valence-electron chi connectivity index (χ0n) is 8.27. The zero-order chi connectivity index (χ0) is 9.24. The maximum Gasteiger partial charge on any atom is 0.0823 e. The molecular formula is C10H21NO. The van der Waals surface area contributed by atoms with Crippen LogP contribution in [0.4, 0.5) is 0 Å². The zero-order valence-corrected chi connectivity index (χ0v) is 8.27. The summed E-state index contributed by atoms with van der Waals surface area (Å²) in [7, 11) is 0. The minimum Gasteiger partial charge on any atom is -0.388 e. The molecular weight excluding hydrogens is 150 g/mol. The molecule has 0 bridgehead atoms. The summed E-state index contributed by atoms with van der Waals surface area (Å²) in [6, 6.07) is 0. The van der Waals surface area contributed by atoms with Crippen molar-refractivity contribution in [3.63, 3.8) is 0 Å². The van der Waals surface area contributed by atoms with Gasteiger partial charge in [0.25, 0.3) is 0 Å². The summed E-state index contributed by atoms with van der Waals surface area (Å²) in [6.07, 6.45) is 6.14. The molecule has 3 N–H and O–H groups in total. The third kappa shape index (κ3) is 1.64. The van der Waals surface area contributed by atoms with Gasteiger partial charge in [-0.3, -0.25) is 0 Å². The first-order valence-electron chi connectivity index (χ1n) is 5.03. The Balaban J connectivity index is 2.45. The second-order valence-electron chi connectivity index (χ2n) is 4.41. The summed E-state index contributed by atoms with van der Waals surface area (Å²) in [5, 5.41) is 10.0. The van der Waals surface area contributed by atoms with E-state index in [-0.39, 0.29) is 5.54 Å². The first kappa shape index (κ1) is 10.0. The lowest BCUT2D eigenvalue weighted by Gasteiger charge is -2.49. The van der Waals surface area contributed by atoms with Gasteiger partial charge in [-0.25, -0.2) is 0 Å². The molecule has 0 saturated heterocycles. The van der Waals surface area contributed by atoms with Gasteiger partial charge >= 0.3 is 0 Å². The van der Waals surface area contributed by atoms with E-state index in [9.17, 15) is 5.11 Å². The van der Waals surface area contributed by atoms with Crippen LogP contribution in [0, 0.1) is 0 Å². The SMILES string of the molecule is CCCCC(C)(N)C1(O)CCC1. The van der Waals surface area contributed by atoms with Gasteiger partial charge in [0.2, 0.25) is 0 Å². The third-order valence-electron chi connectivity index (χ3n) is 3.29. The Kier molecular flexibility index (Phi) is 2.79. The number of hydrogen-bond acceptors (Lipinski definition) is 2. The Morgan fingerprint density at radius 1 is 1.50 bits per heavy atom. The lowest BCUT2D eigenvalue weighted by molar-refractivity contribution is -0.0944. The van der Waals surface area contributed by atoms with Gasteiger partial charge in [-0.05, 0) is 32.6 Å². The van der Waals surface area contributed by atoms with E-state index in [0.29, 0.717) is 0 Å². The minimum absolute atomic E-state index is 0.360. The van der Waals surface area contributed by atoms with Crippen molar-refractivity contribution in [2.75, 3.05) is 0 Å². The second-order valence-corrected chi connectivity index (χ2v) is 4.41. The fourth-order valence-electron chi connectivity index (χ4n) is 1.86. The van der Waals surface area contributed by atoms with Crippen molar-refractivity contribution in [3.8, 4) is 0 Å². The summed E-state index contributed by atoms with van der Waals surface area (Å²) in [4.78, 5) is 0. The third-order valence-corrected chi connectivity index (χ3v) is 3.29. The van der Waals surface area contributed by atoms with Crippen LogP contribution in [0.5, 0.6) is 0 Å². The summed E-state index contributed by atoms with van der Waals surface area (Å²) < 4.78 is 0. The summed E-state index contributed by atoms with van der Waals surface area (Å²) in [6.45, 7) is 4.14. The topological polar surface area (TPSA) is 46.2 Å². The van der Waals surface area contributed by atoms with Crippen LogP contribution in [0.25, 0.3) is 0 Å². The van der Waals surface area contributed by atoms with E-state index in [1.807, 2.05) is 6.92 Å². The van der Waals surface area contributed by atoms with Crippen molar-refractivity contribution in [1.29, 1.82) is 0 Å². The molecule has 2 heteroatoms. The highest BCUT2D eigenvalue weighted by molar-refractivity contribution is 5.05. The van der Waals surface area contributed by atoms with Crippen molar-refractivity contribution < 1.29 is 5.11 Å². The molecule has 1 atom stereocenters. The molecule has 1 aliphatic carbocycles. The van der Waals surface area contributed by atoms with Crippen molar-refractivity contribution in [1.82, 2.24) is 0 Å². The largest absolute Gasteiger partial charge is 0.388 e. The maximum absolute atomic E-state index is 10.0. The van der Waals surface area contributed by atoms with E-state index in [4.69, 9.17) is 5.73 Å². The fraction of sp³-hybridized carbons (Fsp3) is 1.00. The fourth-order valence-corrected chi connectivity index (χ4v) is 1.86. The van der Waals surface area contributed by atoms with Gasteiger partial charge in [0.15, 0.2) is 0 Å². The predicted molar refractivity (Wildman–Crippen MR) is 50.9 cm³/mol. The van der Waals surface area contributed by atoms with Crippen LogP contribution in [0.1, 0.15) is 52.4 Å². The Bertz CT molecular complexity index is 150. The van der Waals surface area contributed by atoms with Crippen LogP contribution in [0.2, 0.25) is 0 Å². The number of hydrogen-bond donors (Lipinski definition) is 2.